The largest absolute Gasteiger partial charge is 0.341 e. The van der Waals surface area contributed by atoms with Crippen LogP contribution in [-0.2, 0) is 13.5 Å². The van der Waals surface area contributed by atoms with Gasteiger partial charge in [-0.05, 0) is 43.5 Å². The zero-order valence-electron chi connectivity index (χ0n) is 20.3. The zero-order chi connectivity index (χ0) is 23.9. The van der Waals surface area contributed by atoms with Crippen LogP contribution in [-0.4, -0.2) is 19.1 Å². The molecule has 5 heteroatoms. The van der Waals surface area contributed by atoms with Gasteiger partial charge in [-0.25, -0.2) is 9.78 Å². The summed E-state index contributed by atoms with van der Waals surface area (Å²) in [5.41, 5.74) is 8.56. The van der Waals surface area contributed by atoms with Crippen molar-refractivity contribution in [2.24, 2.45) is 7.05 Å². The molecule has 0 unspecified atom stereocenters. The van der Waals surface area contributed by atoms with Crippen molar-refractivity contribution in [3.05, 3.63) is 100 Å². The van der Waals surface area contributed by atoms with E-state index >= 15 is 0 Å². The molecule has 1 aliphatic rings. The lowest BCUT2D eigenvalue weighted by Gasteiger charge is -2.11. The third-order valence-electron chi connectivity index (χ3n) is 7.33. The van der Waals surface area contributed by atoms with Gasteiger partial charge in [0.2, 0.25) is 0 Å². The van der Waals surface area contributed by atoms with Crippen molar-refractivity contribution in [1.82, 2.24) is 19.1 Å². The lowest BCUT2D eigenvalue weighted by molar-refractivity contribution is 0.509. The molecule has 1 saturated carbocycles. The van der Waals surface area contributed by atoms with Crippen LogP contribution in [0.2, 0.25) is 0 Å². The van der Waals surface area contributed by atoms with Gasteiger partial charge in [0.15, 0.2) is 0 Å². The Morgan fingerprint density at radius 2 is 1.71 bits per heavy atom. The number of aromatic nitrogens is 4. The Morgan fingerprint density at radius 1 is 0.914 bits per heavy atom. The molecule has 1 fully saturated rings. The summed E-state index contributed by atoms with van der Waals surface area (Å²) in [6.45, 7) is 2.11. The van der Waals surface area contributed by atoms with Crippen molar-refractivity contribution in [3.8, 4) is 22.5 Å². The molecule has 1 aliphatic carbocycles. The number of hydrogen-bond acceptors (Lipinski definition) is 2. The van der Waals surface area contributed by atoms with E-state index in [2.05, 4.69) is 78.6 Å². The number of benzene rings is 3. The lowest BCUT2D eigenvalue weighted by atomic mass is 10.0. The summed E-state index contributed by atoms with van der Waals surface area (Å²) in [5.74, 6) is 0.931. The minimum Gasteiger partial charge on any atom is -0.341 e. The summed E-state index contributed by atoms with van der Waals surface area (Å²) in [5, 5.41) is 0. The zero-order valence-corrected chi connectivity index (χ0v) is 20.3. The predicted molar refractivity (Wildman–Crippen MR) is 142 cm³/mol. The molecule has 3 aromatic carbocycles. The minimum atomic E-state index is 0.0809. The van der Waals surface area contributed by atoms with E-state index in [0.717, 1.165) is 58.6 Å². The van der Waals surface area contributed by atoms with Gasteiger partial charge >= 0.3 is 5.69 Å². The second-order valence-corrected chi connectivity index (χ2v) is 9.79. The van der Waals surface area contributed by atoms with E-state index < -0.39 is 0 Å². The Balaban J connectivity index is 1.49. The Hall–Kier alpha value is -3.86. The summed E-state index contributed by atoms with van der Waals surface area (Å²) >= 11 is 0. The molecule has 0 aliphatic heterocycles. The van der Waals surface area contributed by atoms with Crippen LogP contribution >= 0.6 is 0 Å². The average molecular weight is 463 g/mol. The predicted octanol–water partition coefficient (Wildman–Crippen LogP) is 6.41. The van der Waals surface area contributed by atoms with Crippen LogP contribution < -0.4 is 5.69 Å². The molecular formula is C30H30N4O. The van der Waals surface area contributed by atoms with Crippen LogP contribution in [0, 0.1) is 6.92 Å². The molecule has 5 nitrogen and oxygen atoms in total. The Bertz CT molecular complexity index is 1570. The highest BCUT2D eigenvalue weighted by Gasteiger charge is 2.23. The van der Waals surface area contributed by atoms with Crippen molar-refractivity contribution >= 4 is 11.0 Å². The van der Waals surface area contributed by atoms with E-state index in [1.54, 1.807) is 4.57 Å². The van der Waals surface area contributed by atoms with Crippen molar-refractivity contribution in [2.45, 2.75) is 45.1 Å². The second-order valence-electron chi connectivity index (χ2n) is 9.79. The number of aromatic amines is 1. The maximum Gasteiger partial charge on any atom is 0.329 e. The molecule has 6 rings (SSSR count). The van der Waals surface area contributed by atoms with E-state index in [0.29, 0.717) is 6.04 Å². The smallest absolute Gasteiger partial charge is 0.329 e. The molecule has 5 aromatic rings. The molecule has 0 radical (unpaired) electrons. The number of fused-ring (bicyclic) bond motifs is 1. The highest BCUT2D eigenvalue weighted by atomic mass is 16.1. The minimum absolute atomic E-state index is 0.0809. The van der Waals surface area contributed by atoms with Gasteiger partial charge in [-0.3, -0.25) is 9.13 Å². The van der Waals surface area contributed by atoms with Gasteiger partial charge in [-0.15, -0.1) is 0 Å². The topological polar surface area (TPSA) is 55.6 Å². The number of rotatable bonds is 5. The normalized spacial score (nSPS) is 14.2. The molecule has 0 atom stereocenters. The lowest BCUT2D eigenvalue weighted by Crippen LogP contribution is -2.24. The first kappa shape index (κ1) is 21.7. The summed E-state index contributed by atoms with van der Waals surface area (Å²) in [4.78, 5) is 21.8. The van der Waals surface area contributed by atoms with Crippen LogP contribution in [0.3, 0.4) is 0 Å². The SMILES string of the molecule is Cc1cccc(-c2nc(Cc3ccccc3)[nH]c2-c2ccc3c(c2)n(C)c(=O)n3C2CCCC2)c1. The van der Waals surface area contributed by atoms with Crippen LogP contribution in [0.4, 0.5) is 0 Å². The summed E-state index contributed by atoms with van der Waals surface area (Å²) in [6, 6.07) is 25.6. The number of imidazole rings is 2. The number of H-pyrrole nitrogens is 1. The number of nitrogens with zero attached hydrogens (tertiary/aromatic N) is 3. The van der Waals surface area contributed by atoms with Crippen LogP contribution in [0.25, 0.3) is 33.5 Å². The first-order chi connectivity index (χ1) is 17.1. The van der Waals surface area contributed by atoms with E-state index in [4.69, 9.17) is 4.98 Å². The molecule has 0 amide bonds. The second kappa shape index (κ2) is 8.73. The molecular weight excluding hydrogens is 432 g/mol. The van der Waals surface area contributed by atoms with Gasteiger partial charge in [-0.1, -0.05) is 73.0 Å². The van der Waals surface area contributed by atoms with Crippen LogP contribution in [0.5, 0.6) is 0 Å². The molecule has 35 heavy (non-hydrogen) atoms. The molecule has 1 N–H and O–H groups in total. The fourth-order valence-electron chi connectivity index (χ4n) is 5.54. The molecule has 2 aromatic heterocycles. The fourth-order valence-corrected chi connectivity index (χ4v) is 5.54. The van der Waals surface area contributed by atoms with Gasteiger partial charge in [0.1, 0.15) is 5.82 Å². The Kier molecular flexibility index (Phi) is 5.40. The maximum absolute atomic E-state index is 13.2. The van der Waals surface area contributed by atoms with Crippen molar-refractivity contribution in [1.29, 1.82) is 0 Å². The monoisotopic (exact) mass is 462 g/mol. The number of hydrogen-bond donors (Lipinski definition) is 1. The van der Waals surface area contributed by atoms with Crippen molar-refractivity contribution in [3.63, 3.8) is 0 Å². The first-order valence-corrected chi connectivity index (χ1v) is 12.5. The molecule has 176 valence electrons. The van der Waals surface area contributed by atoms with E-state index in [1.165, 1.54) is 24.0 Å². The van der Waals surface area contributed by atoms with Crippen LogP contribution in [0.1, 0.15) is 48.7 Å². The standard InChI is InChI=1S/C30H30N4O/c1-20-9-8-12-22(17-20)28-29(32-27(31-28)18-21-10-4-3-5-11-21)23-15-16-25-26(19-23)33(2)30(35)34(25)24-13-6-7-14-24/h3-5,8-12,15-17,19,24H,6-7,13-14,18H2,1-2H3,(H,31,32). The van der Waals surface area contributed by atoms with Gasteiger partial charge in [0, 0.05) is 30.6 Å². The molecule has 2 heterocycles. The third kappa shape index (κ3) is 3.91. The highest BCUT2D eigenvalue weighted by Crippen LogP contribution is 2.35. The van der Waals surface area contributed by atoms with Crippen LogP contribution in [0.15, 0.2) is 77.6 Å². The van der Waals surface area contributed by atoms with Gasteiger partial charge in [0.25, 0.3) is 0 Å². The summed E-state index contributed by atoms with van der Waals surface area (Å²) < 4.78 is 3.81. The number of aryl methyl sites for hydroxylation is 2. The Morgan fingerprint density at radius 3 is 2.49 bits per heavy atom. The van der Waals surface area contributed by atoms with Gasteiger partial charge < -0.3 is 4.98 Å². The number of nitrogens with one attached hydrogen (secondary N) is 1. The van der Waals surface area contributed by atoms with E-state index in [-0.39, 0.29) is 5.69 Å². The van der Waals surface area contributed by atoms with E-state index in [1.807, 2.05) is 17.7 Å². The Labute approximate surface area is 205 Å². The van der Waals surface area contributed by atoms with Gasteiger partial charge in [-0.2, -0.15) is 0 Å². The average Bonchev–Trinajstić information content (AvgIpc) is 3.59. The fraction of sp³-hybridized carbons (Fsp3) is 0.267. The summed E-state index contributed by atoms with van der Waals surface area (Å²) in [6.07, 6.45) is 5.30. The molecule has 0 bridgehead atoms. The summed E-state index contributed by atoms with van der Waals surface area (Å²) in [7, 11) is 1.88. The van der Waals surface area contributed by atoms with Crippen molar-refractivity contribution in [2.75, 3.05) is 0 Å². The maximum atomic E-state index is 13.2. The quantitative estimate of drug-likeness (QED) is 0.328. The van der Waals surface area contributed by atoms with Crippen molar-refractivity contribution < 1.29 is 0 Å². The molecule has 0 saturated heterocycles. The third-order valence-corrected chi connectivity index (χ3v) is 7.33. The molecule has 0 spiro atoms. The highest BCUT2D eigenvalue weighted by molar-refractivity contribution is 5.86. The first-order valence-electron chi connectivity index (χ1n) is 12.5. The van der Waals surface area contributed by atoms with Gasteiger partial charge in [0.05, 0.1) is 22.4 Å². The van der Waals surface area contributed by atoms with E-state index in [9.17, 15) is 4.79 Å².